The summed E-state index contributed by atoms with van der Waals surface area (Å²) in [5, 5.41) is 34.1. The van der Waals surface area contributed by atoms with Crippen molar-refractivity contribution in [2.75, 3.05) is 7.11 Å². The van der Waals surface area contributed by atoms with Gasteiger partial charge in [-0.05, 0) is 36.9 Å². The molecule has 0 aromatic heterocycles. The molecule has 33 heavy (non-hydrogen) atoms. The smallest absolute Gasteiger partial charge is 0.310 e. The average Bonchev–Trinajstić information content (AvgIpc) is 3.17. The number of ether oxygens (including phenoxy) is 2. The summed E-state index contributed by atoms with van der Waals surface area (Å²) in [7, 11) is 1.43. The predicted octanol–water partition coefficient (Wildman–Crippen LogP) is 3.73. The van der Waals surface area contributed by atoms with E-state index in [0.717, 1.165) is 4.47 Å². The minimum Gasteiger partial charge on any atom is -0.501 e. The third-order valence-electron chi connectivity index (χ3n) is 6.61. The molecule has 0 spiro atoms. The number of halogens is 1. The number of fused-ring (bicyclic) bond motifs is 1. The first-order chi connectivity index (χ1) is 15.7. The van der Waals surface area contributed by atoms with Crippen molar-refractivity contribution < 1.29 is 29.6 Å². The molecule has 0 amide bonds. The molecule has 2 fully saturated rings. The lowest BCUT2D eigenvalue weighted by Crippen LogP contribution is -2.53. The van der Waals surface area contributed by atoms with E-state index < -0.39 is 35.1 Å². The first-order valence-corrected chi connectivity index (χ1v) is 11.1. The Hall–Kier alpha value is -2.94. The summed E-state index contributed by atoms with van der Waals surface area (Å²) in [6.07, 6.45) is -0.390. The molecule has 1 heterocycles. The van der Waals surface area contributed by atoms with Gasteiger partial charge in [-0.2, -0.15) is 0 Å². The molecule has 1 aliphatic carbocycles. The highest BCUT2D eigenvalue weighted by molar-refractivity contribution is 9.10. The quantitative estimate of drug-likeness (QED) is 0.415. The maximum absolute atomic E-state index is 12.5. The van der Waals surface area contributed by atoms with Crippen LogP contribution in [0.3, 0.4) is 0 Å². The molecule has 2 aromatic rings. The number of methoxy groups -OCH3 is 1. The van der Waals surface area contributed by atoms with Crippen LogP contribution < -0.4 is 0 Å². The molecule has 0 unspecified atom stereocenters. The summed E-state index contributed by atoms with van der Waals surface area (Å²) in [5.74, 6) is -3.16. The Bertz CT molecular complexity index is 1150. The second kappa shape index (κ2) is 8.44. The fraction of sp³-hybridized carbons (Fsp3) is 0.280. The second-order valence-electron chi connectivity index (χ2n) is 8.12. The van der Waals surface area contributed by atoms with Crippen molar-refractivity contribution in [3.8, 4) is 0 Å². The number of aliphatic carboxylic acids is 1. The highest BCUT2D eigenvalue weighted by Crippen LogP contribution is 2.68. The fourth-order valence-corrected chi connectivity index (χ4v) is 5.56. The van der Waals surface area contributed by atoms with Gasteiger partial charge in [-0.15, -0.1) is 0 Å². The number of hydrogen-bond acceptors (Lipinski definition) is 6. The van der Waals surface area contributed by atoms with Crippen molar-refractivity contribution in [3.63, 3.8) is 0 Å². The van der Waals surface area contributed by atoms with Crippen LogP contribution in [0.15, 0.2) is 87.4 Å². The Morgan fingerprint density at radius 3 is 2.39 bits per heavy atom. The number of carbonyl (C=O) groups is 1. The Morgan fingerprint density at radius 1 is 1.21 bits per heavy atom. The van der Waals surface area contributed by atoms with Gasteiger partial charge >= 0.3 is 5.97 Å². The highest BCUT2D eigenvalue weighted by atomic mass is 79.9. The Labute approximate surface area is 199 Å². The van der Waals surface area contributed by atoms with Crippen molar-refractivity contribution in [2.24, 2.45) is 10.9 Å². The van der Waals surface area contributed by atoms with Gasteiger partial charge in [-0.3, -0.25) is 9.79 Å². The number of aliphatic hydroxyl groups excluding tert-OH is 1. The maximum Gasteiger partial charge on any atom is 0.310 e. The maximum atomic E-state index is 12.5. The molecule has 1 saturated carbocycles. The summed E-state index contributed by atoms with van der Waals surface area (Å²) in [6.45, 7) is 5.11. The zero-order valence-corrected chi connectivity index (χ0v) is 19.7. The van der Waals surface area contributed by atoms with E-state index in [1.54, 1.807) is 55.5 Å². The third-order valence-corrected chi connectivity index (χ3v) is 7.14. The van der Waals surface area contributed by atoms with Crippen molar-refractivity contribution in [2.45, 2.75) is 30.1 Å². The first-order valence-electron chi connectivity index (χ1n) is 10.3. The number of hydrogen-bond donors (Lipinski definition) is 3. The van der Waals surface area contributed by atoms with Gasteiger partial charge in [-0.25, -0.2) is 0 Å². The van der Waals surface area contributed by atoms with Gasteiger partial charge in [0.15, 0.2) is 11.2 Å². The summed E-state index contributed by atoms with van der Waals surface area (Å²) in [4.78, 5) is 16.3. The lowest BCUT2D eigenvalue weighted by Gasteiger charge is -2.40. The van der Waals surface area contributed by atoms with Gasteiger partial charge in [0.25, 0.3) is 0 Å². The molecule has 4 rings (SSSR count). The molecule has 172 valence electrons. The number of rotatable bonds is 5. The molecule has 3 N–H and O–H groups in total. The monoisotopic (exact) mass is 513 g/mol. The fourth-order valence-electron chi connectivity index (χ4n) is 5.29. The zero-order valence-electron chi connectivity index (χ0n) is 18.1. The number of aliphatic imine (C=N–C) groups is 1. The zero-order chi connectivity index (χ0) is 24.0. The van der Waals surface area contributed by atoms with E-state index in [-0.39, 0.29) is 17.1 Å². The molecule has 0 bridgehead atoms. The van der Waals surface area contributed by atoms with Crippen LogP contribution in [-0.2, 0) is 19.9 Å². The minimum atomic E-state index is -2.17. The largest absolute Gasteiger partial charge is 0.501 e. The van der Waals surface area contributed by atoms with E-state index in [2.05, 4.69) is 27.6 Å². The van der Waals surface area contributed by atoms with Gasteiger partial charge in [0.05, 0.1) is 24.8 Å². The molecular formula is C25H24BrNO6. The lowest BCUT2D eigenvalue weighted by atomic mass is 9.70. The van der Waals surface area contributed by atoms with E-state index in [9.17, 15) is 20.1 Å². The van der Waals surface area contributed by atoms with Gasteiger partial charge in [0, 0.05) is 10.4 Å². The molecule has 1 aliphatic heterocycles. The molecule has 2 aromatic carbocycles. The van der Waals surface area contributed by atoms with Crippen molar-refractivity contribution in [1.82, 2.24) is 0 Å². The molecule has 0 radical (unpaired) electrons. The van der Waals surface area contributed by atoms with Crippen molar-refractivity contribution in [1.29, 1.82) is 0 Å². The van der Waals surface area contributed by atoms with Gasteiger partial charge in [0.1, 0.15) is 17.6 Å². The van der Waals surface area contributed by atoms with Crippen molar-refractivity contribution >= 4 is 28.6 Å². The Morgan fingerprint density at radius 2 is 1.85 bits per heavy atom. The second-order valence-corrected chi connectivity index (χ2v) is 9.04. The number of carboxylic acid groups (broad SMARTS) is 1. The number of aliphatic hydroxyl groups is 2. The Kier molecular flexibility index (Phi) is 5.94. The minimum absolute atomic E-state index is 0.137. The summed E-state index contributed by atoms with van der Waals surface area (Å²) < 4.78 is 12.7. The molecule has 8 heteroatoms. The summed E-state index contributed by atoms with van der Waals surface area (Å²) in [6, 6.07) is 15.9. The Balaban J connectivity index is 2.16. The molecular weight excluding hydrogens is 490 g/mol. The van der Waals surface area contributed by atoms with E-state index in [0.29, 0.717) is 11.1 Å². The topological polar surface area (TPSA) is 109 Å². The van der Waals surface area contributed by atoms with E-state index in [1.807, 2.05) is 6.07 Å². The number of benzene rings is 2. The molecule has 5 atom stereocenters. The number of allylic oxidation sites excluding steroid dienone is 1. The van der Waals surface area contributed by atoms with Gasteiger partial charge < -0.3 is 24.8 Å². The van der Waals surface area contributed by atoms with Crippen LogP contribution in [0.1, 0.15) is 24.0 Å². The van der Waals surface area contributed by atoms with Gasteiger partial charge in [0.2, 0.25) is 0 Å². The standard InChI is InChI=1S/C25H24BrNO6/c1-14(32-3)20-18(13-27-2)33-25(16-9-11-17(26)12-10-16)21(15-7-5-4-6-8-15)19(23(29)30)22(28)24(20,25)31/h4-13,19,21-22,28,31H,2H2,1,3H3,(H,29,30)/b18-13+,20-14-/t19-,21-,22-,24+,25+/m1/s1. The lowest BCUT2D eigenvalue weighted by molar-refractivity contribution is -0.149. The SMILES string of the molecule is C=N/C=C1/O[C@@]2(c3ccc(Br)cc3)[C@H](c3ccccc3)[C@@H](C(=O)O)[C@@H](O)[C@@]2(O)/C1=C(/C)OC. The molecule has 7 nitrogen and oxygen atoms in total. The summed E-state index contributed by atoms with van der Waals surface area (Å²) >= 11 is 3.42. The van der Waals surface area contributed by atoms with E-state index in [4.69, 9.17) is 9.47 Å². The van der Waals surface area contributed by atoms with Gasteiger partial charge in [-0.1, -0.05) is 58.4 Å². The van der Waals surface area contributed by atoms with E-state index in [1.165, 1.54) is 13.3 Å². The summed E-state index contributed by atoms with van der Waals surface area (Å²) in [5.41, 5.74) is -2.62. The third kappa shape index (κ3) is 3.16. The van der Waals surface area contributed by atoms with Crippen molar-refractivity contribution in [3.05, 3.63) is 93.5 Å². The normalized spacial score (nSPS) is 33.4. The molecule has 1 saturated heterocycles. The van der Waals surface area contributed by atoms with Crippen LogP contribution in [0.25, 0.3) is 0 Å². The highest BCUT2D eigenvalue weighted by Gasteiger charge is 2.79. The predicted molar refractivity (Wildman–Crippen MR) is 126 cm³/mol. The van der Waals surface area contributed by atoms with Crippen LogP contribution in [0.5, 0.6) is 0 Å². The van der Waals surface area contributed by atoms with Crippen LogP contribution >= 0.6 is 15.9 Å². The van der Waals surface area contributed by atoms with Crippen LogP contribution in [-0.4, -0.2) is 46.8 Å². The van der Waals surface area contributed by atoms with E-state index >= 15 is 0 Å². The number of nitrogens with zero attached hydrogens (tertiary/aromatic N) is 1. The van der Waals surface area contributed by atoms with Crippen LogP contribution in [0.4, 0.5) is 0 Å². The van der Waals surface area contributed by atoms with Crippen LogP contribution in [0.2, 0.25) is 0 Å². The first kappa shape index (κ1) is 23.2. The molecule has 2 aliphatic rings. The average molecular weight is 514 g/mol. The van der Waals surface area contributed by atoms with Crippen LogP contribution in [0, 0.1) is 5.92 Å². The number of carboxylic acids is 1.